The van der Waals surface area contributed by atoms with Gasteiger partial charge in [-0.25, -0.2) is 0 Å². The summed E-state index contributed by atoms with van der Waals surface area (Å²) in [5, 5.41) is 4.25. The minimum absolute atomic E-state index is 0.113. The van der Waals surface area contributed by atoms with Crippen LogP contribution in [-0.4, -0.2) is 22.0 Å². The highest BCUT2D eigenvalue weighted by atomic mass is 16.5. The van der Waals surface area contributed by atoms with E-state index >= 15 is 0 Å². The third kappa shape index (κ3) is 7.60. The van der Waals surface area contributed by atoms with Crippen molar-refractivity contribution in [1.29, 1.82) is 0 Å². The minimum Gasteiger partial charge on any atom is -0.489 e. The molecule has 0 bridgehead atoms. The predicted molar refractivity (Wildman–Crippen MR) is 162 cm³/mol. The third-order valence-corrected chi connectivity index (χ3v) is 7.18. The first-order chi connectivity index (χ1) is 19.8. The lowest BCUT2D eigenvalue weighted by atomic mass is 10.1. The molecule has 1 amide bonds. The van der Waals surface area contributed by atoms with E-state index in [1.54, 1.807) is 6.20 Å². The normalized spacial score (nSPS) is 11.0. The number of aromatic nitrogens is 2. The SMILES string of the molecule is O=C(CCc1cccnc1)NCCCCCCn1c(-c2ccccc2)cc2cc(OCc3ccccc3)ccc21. The number of pyridine rings is 1. The van der Waals surface area contributed by atoms with Crippen LogP contribution in [0.15, 0.2) is 109 Å². The van der Waals surface area contributed by atoms with E-state index in [-0.39, 0.29) is 5.91 Å². The van der Waals surface area contributed by atoms with E-state index in [1.807, 2.05) is 36.5 Å². The molecule has 2 heterocycles. The Morgan fingerprint density at radius 3 is 2.38 bits per heavy atom. The van der Waals surface area contributed by atoms with Gasteiger partial charge >= 0.3 is 0 Å². The lowest BCUT2D eigenvalue weighted by Gasteiger charge is -2.12. The molecule has 5 aromatic rings. The Morgan fingerprint density at radius 2 is 1.57 bits per heavy atom. The summed E-state index contributed by atoms with van der Waals surface area (Å²) in [5.74, 6) is 0.998. The van der Waals surface area contributed by atoms with E-state index in [4.69, 9.17) is 4.74 Å². The van der Waals surface area contributed by atoms with Crippen molar-refractivity contribution in [2.45, 2.75) is 51.7 Å². The van der Waals surface area contributed by atoms with Crippen LogP contribution in [0.3, 0.4) is 0 Å². The Bertz CT molecular complexity index is 1480. The fraction of sp³-hybridized carbons (Fsp3) is 0.257. The molecule has 0 aliphatic heterocycles. The largest absolute Gasteiger partial charge is 0.489 e. The number of carbonyl (C=O) groups excluding carboxylic acids is 1. The smallest absolute Gasteiger partial charge is 0.220 e. The lowest BCUT2D eigenvalue weighted by Crippen LogP contribution is -2.24. The Balaban J connectivity index is 1.13. The van der Waals surface area contributed by atoms with Gasteiger partial charge in [-0.1, -0.05) is 79.6 Å². The quantitative estimate of drug-likeness (QED) is 0.150. The number of fused-ring (bicyclic) bond motifs is 1. The number of nitrogens with one attached hydrogen (secondary N) is 1. The van der Waals surface area contributed by atoms with Gasteiger partial charge in [0, 0.05) is 48.5 Å². The molecule has 0 radical (unpaired) electrons. The van der Waals surface area contributed by atoms with Crippen molar-refractivity contribution in [3.8, 4) is 17.0 Å². The molecule has 0 spiro atoms. The molecule has 0 fully saturated rings. The number of ether oxygens (including phenoxy) is 1. The van der Waals surface area contributed by atoms with Gasteiger partial charge < -0.3 is 14.6 Å². The number of rotatable bonds is 14. The molecule has 0 aliphatic carbocycles. The predicted octanol–water partition coefficient (Wildman–Crippen LogP) is 7.59. The van der Waals surface area contributed by atoms with Gasteiger partial charge in [-0.2, -0.15) is 0 Å². The molecular formula is C35H37N3O2. The molecule has 40 heavy (non-hydrogen) atoms. The average Bonchev–Trinajstić information content (AvgIpc) is 3.37. The van der Waals surface area contributed by atoms with Gasteiger partial charge in [0.2, 0.25) is 5.91 Å². The van der Waals surface area contributed by atoms with E-state index in [0.29, 0.717) is 13.0 Å². The molecule has 5 rings (SSSR count). The van der Waals surface area contributed by atoms with Crippen LogP contribution in [0.2, 0.25) is 0 Å². The van der Waals surface area contributed by atoms with E-state index < -0.39 is 0 Å². The third-order valence-electron chi connectivity index (χ3n) is 7.18. The lowest BCUT2D eigenvalue weighted by molar-refractivity contribution is -0.121. The molecule has 0 saturated heterocycles. The molecule has 0 atom stereocenters. The summed E-state index contributed by atoms with van der Waals surface area (Å²) in [6.07, 6.45) is 9.12. The number of unbranched alkanes of at least 4 members (excludes halogenated alkanes) is 3. The number of benzene rings is 3. The second-order valence-electron chi connectivity index (χ2n) is 10.2. The van der Waals surface area contributed by atoms with Crippen molar-refractivity contribution >= 4 is 16.8 Å². The van der Waals surface area contributed by atoms with Crippen molar-refractivity contribution in [2.75, 3.05) is 6.54 Å². The number of carbonyl (C=O) groups is 1. The van der Waals surface area contributed by atoms with Crippen molar-refractivity contribution in [2.24, 2.45) is 0 Å². The van der Waals surface area contributed by atoms with Crippen LogP contribution < -0.4 is 10.1 Å². The average molecular weight is 532 g/mol. The minimum atomic E-state index is 0.113. The molecule has 204 valence electrons. The van der Waals surface area contributed by atoms with E-state index in [0.717, 1.165) is 62.1 Å². The fourth-order valence-corrected chi connectivity index (χ4v) is 5.04. The van der Waals surface area contributed by atoms with E-state index in [2.05, 4.69) is 81.6 Å². The highest BCUT2D eigenvalue weighted by molar-refractivity contribution is 5.88. The first-order valence-electron chi connectivity index (χ1n) is 14.3. The maximum atomic E-state index is 12.2. The van der Waals surface area contributed by atoms with E-state index in [1.165, 1.54) is 22.2 Å². The Morgan fingerprint density at radius 1 is 0.800 bits per heavy atom. The van der Waals surface area contributed by atoms with Crippen LogP contribution in [0.4, 0.5) is 0 Å². The number of hydrogen-bond donors (Lipinski definition) is 1. The first-order valence-corrected chi connectivity index (χ1v) is 14.3. The van der Waals surface area contributed by atoms with Crippen LogP contribution >= 0.6 is 0 Å². The number of nitrogens with zero attached hydrogens (tertiary/aromatic N) is 2. The van der Waals surface area contributed by atoms with Crippen LogP contribution in [0.5, 0.6) is 5.75 Å². The summed E-state index contributed by atoms with van der Waals surface area (Å²) >= 11 is 0. The topological polar surface area (TPSA) is 56.2 Å². The Kier molecular flexibility index (Phi) is 9.61. The van der Waals surface area contributed by atoms with Gasteiger partial charge in [0.15, 0.2) is 0 Å². The van der Waals surface area contributed by atoms with Crippen molar-refractivity contribution in [3.05, 3.63) is 121 Å². The van der Waals surface area contributed by atoms with Crippen LogP contribution in [0.25, 0.3) is 22.2 Å². The maximum absolute atomic E-state index is 12.2. The van der Waals surface area contributed by atoms with Gasteiger partial charge in [0.25, 0.3) is 0 Å². The van der Waals surface area contributed by atoms with Gasteiger partial charge in [-0.05, 0) is 66.3 Å². The molecule has 3 aromatic carbocycles. The standard InChI is InChI=1S/C35H37N3O2/c39-35(20-17-28-14-11-21-36-26-28)37-22-9-1-2-10-23-38-33-19-18-32(40-27-29-12-5-3-6-13-29)24-31(33)25-34(38)30-15-7-4-8-16-30/h3-8,11-16,18-19,21,24-26H,1-2,9-10,17,20,22-23,27H2,(H,37,39). The molecule has 0 aliphatic rings. The molecular weight excluding hydrogens is 494 g/mol. The second kappa shape index (κ2) is 14.1. The van der Waals surface area contributed by atoms with Gasteiger partial charge in [0.1, 0.15) is 12.4 Å². The summed E-state index contributed by atoms with van der Waals surface area (Å²) in [4.78, 5) is 16.3. The molecule has 0 saturated carbocycles. The second-order valence-corrected chi connectivity index (χ2v) is 10.2. The van der Waals surface area contributed by atoms with Crippen molar-refractivity contribution in [3.63, 3.8) is 0 Å². The summed E-state index contributed by atoms with van der Waals surface area (Å²) in [5.41, 5.74) is 5.94. The molecule has 2 aromatic heterocycles. The maximum Gasteiger partial charge on any atom is 0.220 e. The Labute approximate surface area is 236 Å². The summed E-state index contributed by atoms with van der Waals surface area (Å²) in [6, 6.07) is 33.5. The van der Waals surface area contributed by atoms with Crippen LogP contribution in [-0.2, 0) is 24.4 Å². The number of aryl methyl sites for hydroxylation is 2. The summed E-state index contributed by atoms with van der Waals surface area (Å²) in [7, 11) is 0. The zero-order valence-electron chi connectivity index (χ0n) is 23.0. The zero-order chi connectivity index (χ0) is 27.4. The highest BCUT2D eigenvalue weighted by Crippen LogP contribution is 2.31. The van der Waals surface area contributed by atoms with Crippen LogP contribution in [0.1, 0.15) is 43.2 Å². The Hall–Kier alpha value is -4.38. The van der Waals surface area contributed by atoms with E-state index in [9.17, 15) is 4.79 Å². The molecule has 0 unspecified atom stereocenters. The monoisotopic (exact) mass is 531 g/mol. The van der Waals surface area contributed by atoms with Crippen molar-refractivity contribution < 1.29 is 9.53 Å². The summed E-state index contributed by atoms with van der Waals surface area (Å²) < 4.78 is 8.54. The molecule has 1 N–H and O–H groups in total. The number of amides is 1. The van der Waals surface area contributed by atoms with Gasteiger partial charge in [-0.15, -0.1) is 0 Å². The summed E-state index contributed by atoms with van der Waals surface area (Å²) in [6.45, 7) is 2.25. The van der Waals surface area contributed by atoms with Gasteiger partial charge in [-0.3, -0.25) is 9.78 Å². The first kappa shape index (κ1) is 27.2. The zero-order valence-corrected chi connectivity index (χ0v) is 23.0. The number of hydrogen-bond acceptors (Lipinski definition) is 3. The van der Waals surface area contributed by atoms with Crippen LogP contribution in [0, 0.1) is 0 Å². The fourth-order valence-electron chi connectivity index (χ4n) is 5.04. The molecule has 5 heteroatoms. The van der Waals surface area contributed by atoms with Crippen molar-refractivity contribution in [1.82, 2.24) is 14.9 Å². The van der Waals surface area contributed by atoms with Gasteiger partial charge in [0.05, 0.1) is 0 Å². The molecule has 5 nitrogen and oxygen atoms in total. The highest BCUT2D eigenvalue weighted by Gasteiger charge is 2.12.